The Balaban J connectivity index is 4.38. The molecule has 0 aliphatic rings. The lowest BCUT2D eigenvalue weighted by Crippen LogP contribution is -2.43. The molecule has 0 aromatic carbocycles. The Kier molecular flexibility index (Phi) is 28.8. The fourth-order valence-electron chi connectivity index (χ4n) is 4.58. The molecule has 0 bridgehead atoms. The van der Waals surface area contributed by atoms with E-state index in [2.05, 4.69) is 63.1 Å². The molecule has 0 saturated carbocycles. The van der Waals surface area contributed by atoms with Crippen molar-refractivity contribution in [1.29, 1.82) is 0 Å². The highest BCUT2D eigenvalue weighted by molar-refractivity contribution is 8.76. The molecule has 4 nitrogen and oxygen atoms in total. The van der Waals surface area contributed by atoms with Gasteiger partial charge in [0, 0.05) is 37.9 Å². The van der Waals surface area contributed by atoms with Gasteiger partial charge in [0.2, 0.25) is 0 Å². The van der Waals surface area contributed by atoms with Crippen molar-refractivity contribution < 1.29 is 18.9 Å². The molecule has 0 amide bonds. The summed E-state index contributed by atoms with van der Waals surface area (Å²) in [5.41, 5.74) is -0.433. The van der Waals surface area contributed by atoms with Crippen LogP contribution in [0.15, 0.2) is 0 Å². The first-order chi connectivity index (χ1) is 18.6. The number of hydrogen-bond acceptors (Lipinski definition) is 6. The lowest BCUT2D eigenvalue weighted by molar-refractivity contribution is -0.186. The summed E-state index contributed by atoms with van der Waals surface area (Å²) in [6.45, 7) is 16.7. The summed E-state index contributed by atoms with van der Waals surface area (Å²) < 4.78 is 25.7. The number of ether oxygens (including phenoxy) is 4. The molecule has 0 heterocycles. The Hall–Kier alpha value is 0.974. The van der Waals surface area contributed by atoms with Crippen molar-refractivity contribution in [2.45, 2.75) is 154 Å². The second-order valence-electron chi connectivity index (χ2n) is 10.7. The Morgan fingerprint density at radius 2 is 0.789 bits per heavy atom. The van der Waals surface area contributed by atoms with Crippen molar-refractivity contribution in [2.24, 2.45) is 0 Å². The number of rotatable bonds is 31. The summed E-state index contributed by atoms with van der Waals surface area (Å²) in [5.74, 6) is 2.46. The minimum atomic E-state index is -0.391. The maximum absolute atomic E-state index is 6.42. The molecule has 0 atom stereocenters. The van der Waals surface area contributed by atoms with Gasteiger partial charge in [-0.3, -0.25) is 0 Å². The molecule has 230 valence electrons. The molecule has 0 rings (SSSR count). The van der Waals surface area contributed by atoms with E-state index in [0.717, 1.165) is 65.0 Å². The van der Waals surface area contributed by atoms with Crippen LogP contribution < -0.4 is 0 Å². The van der Waals surface area contributed by atoms with E-state index >= 15 is 0 Å². The van der Waals surface area contributed by atoms with Crippen molar-refractivity contribution in [2.75, 3.05) is 37.9 Å². The third-order valence-electron chi connectivity index (χ3n) is 6.75. The molecule has 0 unspecified atom stereocenters. The van der Waals surface area contributed by atoms with Gasteiger partial charge in [-0.25, -0.2) is 0 Å². The summed E-state index contributed by atoms with van der Waals surface area (Å²) in [4.78, 5) is 0. The van der Waals surface area contributed by atoms with Gasteiger partial charge in [0.1, 0.15) is 10.8 Å². The molecule has 0 N–H and O–H groups in total. The van der Waals surface area contributed by atoms with Crippen LogP contribution in [0.1, 0.15) is 131 Å². The van der Waals surface area contributed by atoms with Crippen LogP contribution in [0.3, 0.4) is 0 Å². The maximum Gasteiger partial charge on any atom is 0.144 e. The molecule has 8 heteroatoms. The second kappa shape index (κ2) is 28.1. The largest absolute Gasteiger partial charge is 0.354 e. The Labute approximate surface area is 251 Å². The third-order valence-corrected chi connectivity index (χ3v) is 14.1. The number of hydrogen-bond donors (Lipinski definition) is 0. The van der Waals surface area contributed by atoms with Crippen molar-refractivity contribution >= 4 is 40.6 Å². The first-order valence-corrected chi connectivity index (χ1v) is 22.3. The van der Waals surface area contributed by atoms with Gasteiger partial charge >= 0.3 is 0 Å². The van der Waals surface area contributed by atoms with Gasteiger partial charge in [0.15, 0.2) is 0 Å². The van der Waals surface area contributed by atoms with Crippen LogP contribution in [0.25, 0.3) is 0 Å². The monoisotopic (exact) mass is 610 g/mol. The van der Waals surface area contributed by atoms with Gasteiger partial charge in [-0.05, 0) is 64.2 Å². The van der Waals surface area contributed by atoms with E-state index in [1.54, 1.807) is 0 Å². The fourth-order valence-corrected chi connectivity index (χ4v) is 11.6. The minimum Gasteiger partial charge on any atom is -0.354 e. The van der Waals surface area contributed by atoms with Gasteiger partial charge in [0.25, 0.3) is 0 Å². The Bertz CT molecular complexity index is 431. The standard InChI is InChI=1S/C30H66O4S2Si2/c1-7-13-27-37-29(31-21-9-3,32-22-10-4)19-15-17-25-35-36-26-18-16-20-30(33-23-11-5,34-24-12-6)38-28-14-8-2/h7-28,37-38H2,1-6H3. The predicted octanol–water partition coefficient (Wildman–Crippen LogP) is 8.50. The molecule has 0 aliphatic heterocycles. The predicted molar refractivity (Wildman–Crippen MR) is 180 cm³/mol. The molecule has 0 saturated heterocycles. The summed E-state index contributed by atoms with van der Waals surface area (Å²) in [7, 11) is 3.33. The third kappa shape index (κ3) is 20.8. The van der Waals surface area contributed by atoms with Crippen molar-refractivity contribution in [3.63, 3.8) is 0 Å². The van der Waals surface area contributed by atoms with Crippen molar-refractivity contribution in [3.05, 3.63) is 0 Å². The van der Waals surface area contributed by atoms with Gasteiger partial charge < -0.3 is 18.9 Å². The first-order valence-electron chi connectivity index (χ1n) is 16.4. The molecule has 0 fully saturated rings. The topological polar surface area (TPSA) is 36.9 Å². The van der Waals surface area contributed by atoms with Crippen LogP contribution >= 0.6 is 21.6 Å². The van der Waals surface area contributed by atoms with E-state index in [4.69, 9.17) is 18.9 Å². The zero-order chi connectivity index (χ0) is 28.2. The van der Waals surface area contributed by atoms with E-state index in [9.17, 15) is 0 Å². The average Bonchev–Trinajstić information content (AvgIpc) is 2.93. The molecule has 0 radical (unpaired) electrons. The quantitative estimate of drug-likeness (QED) is 0.0339. The summed E-state index contributed by atoms with van der Waals surface area (Å²) in [6, 6.07) is 2.67. The summed E-state index contributed by atoms with van der Waals surface area (Å²) >= 11 is 0. The lowest BCUT2D eigenvalue weighted by atomic mass is 10.2. The average molecular weight is 611 g/mol. The van der Waals surface area contributed by atoms with E-state index in [0.29, 0.717) is 0 Å². The normalized spacial score (nSPS) is 13.1. The molecule has 0 aliphatic carbocycles. The zero-order valence-corrected chi connectivity index (χ0v) is 30.9. The first kappa shape index (κ1) is 39.0. The van der Waals surface area contributed by atoms with E-state index in [1.807, 2.05) is 0 Å². The van der Waals surface area contributed by atoms with Crippen LogP contribution in [0.2, 0.25) is 12.1 Å². The van der Waals surface area contributed by atoms with E-state index < -0.39 is 19.0 Å². The van der Waals surface area contributed by atoms with Crippen LogP contribution in [-0.2, 0) is 18.9 Å². The Morgan fingerprint density at radius 3 is 1.08 bits per heavy atom. The van der Waals surface area contributed by atoms with Gasteiger partial charge in [-0.15, -0.1) is 0 Å². The molecule has 38 heavy (non-hydrogen) atoms. The van der Waals surface area contributed by atoms with Crippen molar-refractivity contribution in [1.82, 2.24) is 0 Å². The molecule has 0 aromatic heterocycles. The maximum atomic E-state index is 6.42. The zero-order valence-electron chi connectivity index (χ0n) is 26.4. The fraction of sp³-hybridized carbons (Fsp3) is 1.00. The highest BCUT2D eigenvalue weighted by atomic mass is 33.1. The minimum absolute atomic E-state index is 0.217. The summed E-state index contributed by atoms with van der Waals surface area (Å²) in [6.07, 6.45) is 16.6. The molecule has 0 spiro atoms. The Morgan fingerprint density at radius 1 is 0.447 bits per heavy atom. The second-order valence-corrected chi connectivity index (χ2v) is 18.0. The number of unbranched alkanes of at least 4 members (excludes halogenated alkanes) is 4. The highest BCUT2D eigenvalue weighted by Crippen LogP contribution is 2.29. The van der Waals surface area contributed by atoms with Crippen LogP contribution in [0.4, 0.5) is 0 Å². The molecular weight excluding hydrogens is 545 g/mol. The van der Waals surface area contributed by atoms with Crippen molar-refractivity contribution in [3.8, 4) is 0 Å². The summed E-state index contributed by atoms with van der Waals surface area (Å²) in [5, 5.41) is 0. The SMILES string of the molecule is CCCC[SiH2]C(CCCCSSCCCCC(OCCC)(OCCC)[SiH2]CCCC)(OCCC)OCCC. The van der Waals surface area contributed by atoms with Crippen LogP contribution in [-0.4, -0.2) is 67.8 Å². The molecule has 0 aromatic rings. The van der Waals surface area contributed by atoms with Crippen LogP contribution in [0, 0.1) is 0 Å². The van der Waals surface area contributed by atoms with E-state index in [-0.39, 0.29) is 10.8 Å². The smallest absolute Gasteiger partial charge is 0.144 e. The highest BCUT2D eigenvalue weighted by Gasteiger charge is 2.32. The van der Waals surface area contributed by atoms with Crippen LogP contribution in [0.5, 0.6) is 0 Å². The molecular formula is C30H66O4S2Si2. The van der Waals surface area contributed by atoms with Gasteiger partial charge in [-0.2, -0.15) is 0 Å². The lowest BCUT2D eigenvalue weighted by Gasteiger charge is -2.34. The van der Waals surface area contributed by atoms with Gasteiger partial charge in [0.05, 0.1) is 19.0 Å². The van der Waals surface area contributed by atoms with E-state index in [1.165, 1.54) is 75.0 Å². The van der Waals surface area contributed by atoms with Gasteiger partial charge in [-0.1, -0.05) is 101 Å².